The zero-order chi connectivity index (χ0) is 24.8. The Balaban J connectivity index is -0.0000000112. The van der Waals surface area contributed by atoms with Crippen LogP contribution in [0.5, 0.6) is 0 Å². The molecule has 0 fully saturated rings. The molecule has 39 heavy (non-hydrogen) atoms. The highest BCUT2D eigenvalue weighted by molar-refractivity contribution is 5.91. The van der Waals surface area contributed by atoms with E-state index in [9.17, 15) is 19.2 Å². The highest BCUT2D eigenvalue weighted by atomic mass is 16.5. The van der Waals surface area contributed by atoms with Crippen molar-refractivity contribution in [1.29, 1.82) is 0 Å². The molecule has 8 nitrogen and oxygen atoms in total. The maximum Gasteiger partial charge on any atom is 0.218 e. The van der Waals surface area contributed by atoms with Crippen molar-refractivity contribution in [3.05, 3.63) is 24.8 Å². The fourth-order valence-corrected chi connectivity index (χ4v) is 0.174. The Morgan fingerprint density at radius 3 is 0.872 bits per heavy atom. The lowest BCUT2D eigenvalue weighted by Crippen LogP contribution is -2.21. The number of ketones is 3. The van der Waals surface area contributed by atoms with E-state index in [2.05, 4.69) is 32.7 Å². The van der Waals surface area contributed by atoms with Crippen molar-refractivity contribution >= 4 is 23.3 Å². The van der Waals surface area contributed by atoms with Gasteiger partial charge in [-0.05, 0) is 53.2 Å². The summed E-state index contributed by atoms with van der Waals surface area (Å²) >= 11 is 0. The topological polar surface area (TPSA) is 108 Å². The molecule has 8 heteroatoms. The fraction of sp³-hybridized carbons (Fsp3) is 0.742. The summed E-state index contributed by atoms with van der Waals surface area (Å²) in [5.41, 5.74) is 0.620. The number of rotatable bonds is 5. The number of hydrogen-bond acceptors (Lipinski definition) is 7. The van der Waals surface area contributed by atoms with Crippen LogP contribution in [0.3, 0.4) is 0 Å². The van der Waals surface area contributed by atoms with Gasteiger partial charge in [0.2, 0.25) is 5.91 Å². The van der Waals surface area contributed by atoms with Gasteiger partial charge in [0.15, 0.2) is 11.6 Å². The second-order valence-corrected chi connectivity index (χ2v) is 5.21. The van der Waals surface area contributed by atoms with Crippen LogP contribution in [0.4, 0.5) is 0 Å². The number of carbonyl (C=O) groups is 4. The van der Waals surface area contributed by atoms with E-state index in [0.717, 1.165) is 6.61 Å². The third-order valence-corrected chi connectivity index (χ3v) is 1.64. The molecule has 0 spiro atoms. The lowest BCUT2D eigenvalue weighted by atomic mass is 10.3. The van der Waals surface area contributed by atoms with E-state index in [0.29, 0.717) is 12.3 Å². The highest BCUT2D eigenvalue weighted by Crippen LogP contribution is 1.84. The van der Waals surface area contributed by atoms with Gasteiger partial charge in [-0.2, -0.15) is 0 Å². The summed E-state index contributed by atoms with van der Waals surface area (Å²) in [6.07, 6.45) is 1.28. The van der Waals surface area contributed by atoms with Crippen LogP contribution in [0.1, 0.15) is 123 Å². The lowest BCUT2D eigenvalue weighted by molar-refractivity contribution is -0.120. The number of ether oxygens (including phenoxy) is 3. The molecule has 0 radical (unpaired) electrons. The van der Waals surface area contributed by atoms with Crippen LogP contribution < -0.4 is 5.32 Å². The van der Waals surface area contributed by atoms with Crippen molar-refractivity contribution in [1.82, 2.24) is 5.32 Å². The zero-order valence-corrected chi connectivity index (χ0v) is 20.3. The summed E-state index contributed by atoms with van der Waals surface area (Å²) in [6, 6.07) is 0. The molecular weight excluding hydrogens is 498 g/mol. The number of carbonyl (C=O) groups excluding carboxylic acids is 4. The van der Waals surface area contributed by atoms with Crippen LogP contribution >= 0.6 is 0 Å². The van der Waals surface area contributed by atoms with Crippen molar-refractivity contribution < 1.29 is 33.4 Å². The predicted molar refractivity (Wildman–Crippen MR) is 186 cm³/mol. The molecule has 0 aromatic rings. The molecule has 0 heterocycles. The van der Waals surface area contributed by atoms with E-state index < -0.39 is 0 Å². The summed E-state index contributed by atoms with van der Waals surface area (Å²) in [6.45, 7) is 18.9. The molecule has 0 aliphatic heterocycles. The lowest BCUT2D eigenvalue weighted by Gasteiger charge is -1.95. The first kappa shape index (κ1) is 109. The zero-order valence-electron chi connectivity index (χ0n) is 20.3. The maximum atomic E-state index is 10.0. The third kappa shape index (κ3) is 525. The highest BCUT2D eigenvalue weighted by Gasteiger charge is 1.86. The summed E-state index contributed by atoms with van der Waals surface area (Å²) in [5, 5.41) is 2.43. The second kappa shape index (κ2) is 111. The van der Waals surface area contributed by atoms with Gasteiger partial charge in [-0.1, -0.05) is 87.4 Å². The van der Waals surface area contributed by atoms with Crippen molar-refractivity contribution in [2.75, 3.05) is 41.8 Å². The SMILES string of the molecule is C.C.C.C.C.C.C.C.C.C.C=C(C)C(C)=O.C=CC(C)=O.CC(C)=O.CCOC.COC.COCNC(C)=O. The normalized spacial score (nSPS) is 5.41. The van der Waals surface area contributed by atoms with Crippen molar-refractivity contribution in [3.63, 3.8) is 0 Å². The Labute approximate surface area is 251 Å². The van der Waals surface area contributed by atoms with Gasteiger partial charge in [0.1, 0.15) is 12.5 Å². The van der Waals surface area contributed by atoms with Crippen LogP contribution in [0.2, 0.25) is 0 Å². The number of methoxy groups -OCH3 is 3. The molecule has 1 amide bonds. The van der Waals surface area contributed by atoms with Gasteiger partial charge in [0.25, 0.3) is 0 Å². The summed E-state index contributed by atoms with van der Waals surface area (Å²) in [7, 11) is 6.45. The van der Waals surface area contributed by atoms with Gasteiger partial charge in [0.05, 0.1) is 0 Å². The maximum absolute atomic E-state index is 10.0. The molecule has 0 unspecified atom stereocenters. The van der Waals surface area contributed by atoms with E-state index in [1.165, 1.54) is 47.8 Å². The predicted octanol–water partition coefficient (Wildman–Crippen LogP) is 9.51. The van der Waals surface area contributed by atoms with Gasteiger partial charge in [-0.25, -0.2) is 0 Å². The van der Waals surface area contributed by atoms with Crippen LogP contribution in [-0.2, 0) is 33.4 Å². The first-order valence-corrected chi connectivity index (χ1v) is 8.64. The Morgan fingerprint density at radius 2 is 0.846 bits per heavy atom. The summed E-state index contributed by atoms with van der Waals surface area (Å²) < 4.78 is 13.3. The molecule has 0 aliphatic carbocycles. The molecule has 1 N–H and O–H groups in total. The van der Waals surface area contributed by atoms with Crippen molar-refractivity contribution in [3.8, 4) is 0 Å². The minimum absolute atomic E-state index is 0. The first-order valence-electron chi connectivity index (χ1n) is 8.64. The van der Waals surface area contributed by atoms with Crippen molar-refractivity contribution in [2.24, 2.45) is 0 Å². The fourth-order valence-electron chi connectivity index (χ4n) is 0.174. The van der Waals surface area contributed by atoms with Crippen LogP contribution in [0.15, 0.2) is 24.8 Å². The van der Waals surface area contributed by atoms with Gasteiger partial charge < -0.3 is 24.3 Å². The third-order valence-electron chi connectivity index (χ3n) is 1.64. The first-order chi connectivity index (χ1) is 13.2. The summed E-state index contributed by atoms with van der Waals surface area (Å²) in [5.74, 6) is 0.182. The number of amides is 1. The van der Waals surface area contributed by atoms with Crippen LogP contribution in [-0.4, -0.2) is 65.0 Å². The molecule has 0 atom stereocenters. The minimum Gasteiger partial charge on any atom is -0.388 e. The van der Waals surface area contributed by atoms with Crippen LogP contribution in [0, 0.1) is 0 Å². The molecule has 0 aromatic carbocycles. The smallest absolute Gasteiger partial charge is 0.218 e. The van der Waals surface area contributed by atoms with Crippen LogP contribution in [0.25, 0.3) is 0 Å². The van der Waals surface area contributed by atoms with Crippen molar-refractivity contribution in [2.45, 2.75) is 123 Å². The second-order valence-electron chi connectivity index (χ2n) is 5.21. The largest absolute Gasteiger partial charge is 0.388 e. The van der Waals surface area contributed by atoms with E-state index in [-0.39, 0.29) is 97.5 Å². The quantitative estimate of drug-likeness (QED) is 0.254. The number of hydrogen-bond donors (Lipinski definition) is 1. The Morgan fingerprint density at radius 1 is 0.667 bits per heavy atom. The summed E-state index contributed by atoms with van der Waals surface area (Å²) in [4.78, 5) is 39.2. The molecule has 0 rings (SSSR count). The average Bonchev–Trinajstić information content (AvgIpc) is 2.61. The number of Topliss-reactive ketones (excluding diaryl/α,β-unsaturated/α-hetero) is 2. The number of allylic oxidation sites excluding steroid dienone is 2. The van der Waals surface area contributed by atoms with Gasteiger partial charge >= 0.3 is 0 Å². The van der Waals surface area contributed by atoms with Gasteiger partial charge in [0, 0.05) is 42.0 Å². The van der Waals surface area contributed by atoms with E-state index in [1.807, 2.05) is 6.92 Å². The molecule has 254 valence electrons. The van der Waals surface area contributed by atoms with E-state index >= 15 is 0 Å². The Hall–Kier alpha value is -2.16. The molecule has 0 bridgehead atoms. The Kier molecular flexibility index (Phi) is 309. The monoisotopic (exact) mass is 582 g/mol. The molecule has 0 aliphatic rings. The number of nitrogens with one attached hydrogen (secondary N) is 1. The van der Waals surface area contributed by atoms with Gasteiger partial charge in [-0.15, -0.1) is 0 Å². The minimum atomic E-state index is -0.0677. The standard InChI is InChI=1S/C5H8O.C4H9NO2.C4H6O.C3H8O.C3H6O.C2H6O.10CH4/c1-4(2)5(3)6;1-4(6)5-3-7-2;1-3-4(2)5;1-3-4-2;1-3(2)4;1-3-2;;;;;;;;;;/h1H2,2-3H3;3H2,1-2H3,(H,5,6);3H,1H2,2H3;3H2,1-2H3;1-2H3;1-2H3;10*1H4. The van der Waals surface area contributed by atoms with E-state index in [4.69, 9.17) is 0 Å². The molecule has 0 aromatic heterocycles. The molecule has 0 saturated heterocycles. The average molecular weight is 582 g/mol. The molecular formula is C31H83NO7. The van der Waals surface area contributed by atoms with E-state index in [1.54, 1.807) is 28.3 Å². The molecule has 0 saturated carbocycles. The van der Waals surface area contributed by atoms with Gasteiger partial charge in [-0.3, -0.25) is 14.4 Å². The Bertz CT molecular complexity index is 405.